The fraction of sp³-hybridized carbons (Fsp3) is 0.333. The second-order valence-electron chi connectivity index (χ2n) is 8.44. The summed E-state index contributed by atoms with van der Waals surface area (Å²) < 4.78 is 5.20. The van der Waals surface area contributed by atoms with Crippen LogP contribution in [0.4, 0.5) is 0 Å². The molecule has 0 aromatic heterocycles. The third-order valence-corrected chi connectivity index (χ3v) is 7.24. The normalized spacial score (nSPS) is 14.7. The van der Waals surface area contributed by atoms with Crippen molar-refractivity contribution >= 4 is 70.1 Å². The minimum absolute atomic E-state index is 0.0864. The summed E-state index contributed by atoms with van der Waals surface area (Å²) in [7, 11) is 0. The van der Waals surface area contributed by atoms with E-state index in [1.54, 1.807) is 20.8 Å². The van der Waals surface area contributed by atoms with Gasteiger partial charge < -0.3 is 10.1 Å². The molecule has 2 aromatic carbocycles. The van der Waals surface area contributed by atoms with Crippen molar-refractivity contribution in [1.29, 1.82) is 0 Å². The van der Waals surface area contributed by atoms with Crippen molar-refractivity contribution in [2.75, 3.05) is 6.61 Å². The van der Waals surface area contributed by atoms with E-state index < -0.39 is 36.3 Å². The second-order valence-corrected chi connectivity index (χ2v) is 9.95. The van der Waals surface area contributed by atoms with Gasteiger partial charge in [0.2, 0.25) is 0 Å². The van der Waals surface area contributed by atoms with Crippen LogP contribution < -0.4 is 5.32 Å². The average Bonchev–Trinajstić information content (AvgIpc) is 3.08. The molecule has 0 saturated heterocycles. The SMILES string of the molecule is CC(C)C[C@@H](C(=O)OCC(=O)N[C@@H](C)c1ccccc1)N1C(=O)c2c(Cl)c(Cl)c(Cl)c(Cl)c2C1=O. The molecule has 2 atom stereocenters. The van der Waals surface area contributed by atoms with Gasteiger partial charge in [-0.05, 0) is 24.8 Å². The third kappa shape index (κ3) is 5.59. The number of esters is 1. The van der Waals surface area contributed by atoms with E-state index in [2.05, 4.69) is 5.32 Å². The number of carbonyl (C=O) groups excluding carboxylic acids is 4. The number of halogens is 4. The maximum Gasteiger partial charge on any atom is 0.329 e. The predicted molar refractivity (Wildman–Crippen MR) is 134 cm³/mol. The van der Waals surface area contributed by atoms with Crippen molar-refractivity contribution in [3.8, 4) is 0 Å². The summed E-state index contributed by atoms with van der Waals surface area (Å²) in [5, 5.41) is 1.92. The topological polar surface area (TPSA) is 92.8 Å². The summed E-state index contributed by atoms with van der Waals surface area (Å²) >= 11 is 24.5. The lowest BCUT2D eigenvalue weighted by atomic mass is 10.0. The number of nitrogens with one attached hydrogen (secondary N) is 1. The molecule has 35 heavy (non-hydrogen) atoms. The Morgan fingerprint density at radius 1 is 0.886 bits per heavy atom. The van der Waals surface area contributed by atoms with Crippen LogP contribution >= 0.6 is 46.4 Å². The number of nitrogens with zero attached hydrogens (tertiary/aromatic N) is 1. The van der Waals surface area contributed by atoms with Crippen LogP contribution in [0.1, 0.15) is 59.5 Å². The molecule has 0 aliphatic carbocycles. The van der Waals surface area contributed by atoms with Gasteiger partial charge in [0.05, 0.1) is 37.3 Å². The molecule has 0 spiro atoms. The van der Waals surface area contributed by atoms with Crippen molar-refractivity contribution in [3.63, 3.8) is 0 Å². The number of rotatable bonds is 8. The number of hydrogen-bond acceptors (Lipinski definition) is 5. The van der Waals surface area contributed by atoms with Crippen molar-refractivity contribution < 1.29 is 23.9 Å². The molecule has 1 aliphatic heterocycles. The number of hydrogen-bond donors (Lipinski definition) is 1. The highest BCUT2D eigenvalue weighted by Crippen LogP contribution is 2.45. The molecule has 11 heteroatoms. The van der Waals surface area contributed by atoms with Crippen LogP contribution in [0, 0.1) is 5.92 Å². The van der Waals surface area contributed by atoms with Crippen molar-refractivity contribution in [2.45, 2.75) is 39.3 Å². The lowest BCUT2D eigenvalue weighted by molar-refractivity contribution is -0.153. The number of benzene rings is 2. The zero-order valence-corrected chi connectivity index (χ0v) is 22.1. The van der Waals surface area contributed by atoms with Gasteiger partial charge in [-0.3, -0.25) is 19.3 Å². The first-order valence-corrected chi connectivity index (χ1v) is 12.2. The summed E-state index contributed by atoms with van der Waals surface area (Å²) in [6, 6.07) is 7.62. The number of ether oxygens (including phenoxy) is 1. The second kappa shape index (κ2) is 11.2. The quantitative estimate of drug-likeness (QED) is 0.193. The summed E-state index contributed by atoms with van der Waals surface area (Å²) in [4.78, 5) is 52.5. The first-order valence-electron chi connectivity index (χ1n) is 10.7. The highest BCUT2D eigenvalue weighted by Gasteiger charge is 2.47. The Labute approximate surface area is 222 Å². The monoisotopic (exact) mass is 558 g/mol. The molecular weight excluding hydrogens is 538 g/mol. The molecule has 0 unspecified atom stereocenters. The molecule has 0 bridgehead atoms. The highest BCUT2D eigenvalue weighted by molar-refractivity contribution is 6.55. The smallest absolute Gasteiger partial charge is 0.329 e. The summed E-state index contributed by atoms with van der Waals surface area (Å²) in [6.07, 6.45) is 0.0864. The van der Waals surface area contributed by atoms with Crippen LogP contribution in [0.5, 0.6) is 0 Å². The van der Waals surface area contributed by atoms with E-state index in [9.17, 15) is 19.2 Å². The Hall–Kier alpha value is -2.32. The largest absolute Gasteiger partial charge is 0.454 e. The average molecular weight is 560 g/mol. The number of carbonyl (C=O) groups is 4. The third-order valence-electron chi connectivity index (χ3n) is 5.43. The Morgan fingerprint density at radius 3 is 1.89 bits per heavy atom. The molecule has 186 valence electrons. The highest BCUT2D eigenvalue weighted by atomic mass is 35.5. The van der Waals surface area contributed by atoms with Gasteiger partial charge in [0.15, 0.2) is 6.61 Å². The van der Waals surface area contributed by atoms with Crippen molar-refractivity contribution in [2.24, 2.45) is 5.92 Å². The molecule has 0 radical (unpaired) electrons. The molecule has 3 amide bonds. The van der Waals surface area contributed by atoms with Gasteiger partial charge in [-0.2, -0.15) is 0 Å². The minimum atomic E-state index is -1.31. The van der Waals surface area contributed by atoms with Crippen LogP contribution in [-0.4, -0.2) is 41.2 Å². The minimum Gasteiger partial charge on any atom is -0.454 e. The van der Waals surface area contributed by atoms with E-state index in [0.717, 1.165) is 10.5 Å². The fourth-order valence-corrected chi connectivity index (χ4v) is 4.76. The van der Waals surface area contributed by atoms with Crippen molar-refractivity contribution in [1.82, 2.24) is 10.2 Å². The van der Waals surface area contributed by atoms with E-state index in [4.69, 9.17) is 51.1 Å². The van der Waals surface area contributed by atoms with Crippen LogP contribution in [0.25, 0.3) is 0 Å². The van der Waals surface area contributed by atoms with Crippen molar-refractivity contribution in [3.05, 3.63) is 67.1 Å². The Morgan fingerprint density at radius 2 is 1.40 bits per heavy atom. The molecule has 0 saturated carbocycles. The van der Waals surface area contributed by atoms with Gasteiger partial charge in [0.1, 0.15) is 6.04 Å². The standard InChI is InChI=1S/C24H22Cl4N2O5/c1-11(2)9-14(24(34)35-10-15(31)29-12(3)13-7-5-4-6-8-13)30-22(32)16-17(23(30)33)19(26)21(28)20(27)18(16)25/h4-8,11-12,14H,9-10H2,1-3H3,(H,29,31)/t12-,14-/m0/s1. The summed E-state index contributed by atoms with van der Waals surface area (Å²) in [5.74, 6) is -3.26. The van der Waals surface area contributed by atoms with E-state index in [1.165, 1.54) is 0 Å². The first kappa shape index (κ1) is 27.3. The van der Waals surface area contributed by atoms with Crippen LogP contribution in [0.2, 0.25) is 20.1 Å². The predicted octanol–water partition coefficient (Wildman–Crippen LogP) is 5.73. The summed E-state index contributed by atoms with van der Waals surface area (Å²) in [5.41, 5.74) is 0.418. The zero-order valence-electron chi connectivity index (χ0n) is 19.0. The zero-order chi connectivity index (χ0) is 26.0. The number of amides is 3. The van der Waals surface area contributed by atoms with Gasteiger partial charge in [-0.15, -0.1) is 0 Å². The van der Waals surface area contributed by atoms with E-state index in [1.807, 2.05) is 30.3 Å². The van der Waals surface area contributed by atoms with Crippen LogP contribution in [-0.2, 0) is 14.3 Å². The molecule has 1 aliphatic rings. The lowest BCUT2D eigenvalue weighted by Crippen LogP contribution is -2.47. The molecule has 3 rings (SSSR count). The molecule has 1 heterocycles. The van der Waals surface area contributed by atoms with Gasteiger partial charge in [-0.25, -0.2) is 4.79 Å². The van der Waals surface area contributed by atoms with Crippen LogP contribution in [0.15, 0.2) is 30.3 Å². The fourth-order valence-electron chi connectivity index (χ4n) is 3.74. The number of imide groups is 1. The van der Waals surface area contributed by atoms with Gasteiger partial charge in [0.25, 0.3) is 17.7 Å². The molecule has 7 nitrogen and oxygen atoms in total. The maximum absolute atomic E-state index is 13.2. The molecular formula is C24H22Cl4N2O5. The lowest BCUT2D eigenvalue weighted by Gasteiger charge is -2.26. The van der Waals surface area contributed by atoms with Gasteiger partial charge in [0, 0.05) is 0 Å². The molecule has 1 N–H and O–H groups in total. The Balaban J connectivity index is 1.79. The van der Waals surface area contributed by atoms with E-state index in [-0.39, 0.29) is 49.6 Å². The maximum atomic E-state index is 13.2. The van der Waals surface area contributed by atoms with E-state index in [0.29, 0.717) is 0 Å². The molecule has 0 fully saturated rings. The first-order chi connectivity index (χ1) is 16.5. The van der Waals surface area contributed by atoms with E-state index >= 15 is 0 Å². The Bertz CT molecular complexity index is 1140. The molecule has 2 aromatic rings. The van der Waals surface area contributed by atoms with Crippen LogP contribution in [0.3, 0.4) is 0 Å². The summed E-state index contributed by atoms with van der Waals surface area (Å²) in [6.45, 7) is 4.81. The number of fused-ring (bicyclic) bond motifs is 1. The van der Waals surface area contributed by atoms with Gasteiger partial charge >= 0.3 is 5.97 Å². The van der Waals surface area contributed by atoms with Gasteiger partial charge in [-0.1, -0.05) is 90.6 Å². The Kier molecular flexibility index (Phi) is 8.70.